The Bertz CT molecular complexity index is 1240. The maximum atomic E-state index is 12.6. The summed E-state index contributed by atoms with van der Waals surface area (Å²) in [5, 5.41) is 2.05. The molecule has 1 atom stereocenters. The van der Waals surface area contributed by atoms with Gasteiger partial charge in [0.2, 0.25) is 11.8 Å². The van der Waals surface area contributed by atoms with Gasteiger partial charge in [-0.1, -0.05) is 18.2 Å². The fourth-order valence-electron chi connectivity index (χ4n) is 5.07. The van der Waals surface area contributed by atoms with Gasteiger partial charge in [0.25, 0.3) is 0 Å². The van der Waals surface area contributed by atoms with Gasteiger partial charge < -0.3 is 25.0 Å². The number of hydrogen-bond donors (Lipinski definition) is 1. The number of nitrogens with zero attached hydrogens (tertiary/aromatic N) is 4. The van der Waals surface area contributed by atoms with E-state index in [2.05, 4.69) is 28.9 Å². The van der Waals surface area contributed by atoms with Gasteiger partial charge in [0.1, 0.15) is 0 Å². The van der Waals surface area contributed by atoms with Gasteiger partial charge in [-0.3, -0.25) is 4.79 Å². The predicted octanol–water partition coefficient (Wildman–Crippen LogP) is 3.84. The molecule has 0 spiro atoms. The Morgan fingerprint density at radius 1 is 1.14 bits per heavy atom. The van der Waals surface area contributed by atoms with E-state index < -0.39 is 0 Å². The third kappa shape index (κ3) is 4.50. The lowest BCUT2D eigenvalue weighted by Gasteiger charge is -2.41. The van der Waals surface area contributed by atoms with Gasteiger partial charge in [0.05, 0.1) is 31.5 Å². The Hall–Kier alpha value is -3.39. The van der Waals surface area contributed by atoms with E-state index in [0.717, 1.165) is 46.3 Å². The molecule has 1 saturated heterocycles. The number of carbonyl (C=O) groups excluding carboxylic acids is 1. The van der Waals surface area contributed by atoms with Crippen molar-refractivity contribution in [2.45, 2.75) is 38.1 Å². The van der Waals surface area contributed by atoms with Crippen LogP contribution in [0, 0.1) is 0 Å². The largest absolute Gasteiger partial charge is 0.481 e. The van der Waals surface area contributed by atoms with Crippen LogP contribution < -0.4 is 15.4 Å². The summed E-state index contributed by atoms with van der Waals surface area (Å²) in [5.74, 6) is 1.99. The molecule has 2 N–H and O–H groups in total. The highest BCUT2D eigenvalue weighted by atomic mass is 16.5. The molecule has 2 aliphatic rings. The first-order chi connectivity index (χ1) is 17.0. The Morgan fingerprint density at radius 2 is 1.91 bits per heavy atom. The van der Waals surface area contributed by atoms with Crippen LogP contribution in [-0.4, -0.2) is 67.3 Å². The summed E-state index contributed by atoms with van der Waals surface area (Å²) in [6.07, 6.45) is 4.54. The molecule has 184 valence electrons. The number of rotatable bonds is 7. The summed E-state index contributed by atoms with van der Waals surface area (Å²) in [4.78, 5) is 26.4. The summed E-state index contributed by atoms with van der Waals surface area (Å²) in [5.41, 5.74) is 10.4. The van der Waals surface area contributed by atoms with E-state index in [1.54, 1.807) is 14.2 Å². The van der Waals surface area contributed by atoms with Crippen LogP contribution in [0.3, 0.4) is 0 Å². The molecule has 8 nitrogen and oxygen atoms in total. The zero-order valence-electron chi connectivity index (χ0n) is 20.7. The fourth-order valence-corrected chi connectivity index (χ4v) is 5.07. The zero-order chi connectivity index (χ0) is 24.5. The lowest BCUT2D eigenvalue weighted by molar-refractivity contribution is -0.134. The Labute approximate surface area is 206 Å². The lowest BCUT2D eigenvalue weighted by atomic mass is 9.97. The van der Waals surface area contributed by atoms with Crippen molar-refractivity contribution in [1.82, 2.24) is 14.9 Å². The summed E-state index contributed by atoms with van der Waals surface area (Å²) < 4.78 is 10.6. The van der Waals surface area contributed by atoms with Crippen LogP contribution in [0.5, 0.6) is 5.88 Å². The first kappa shape index (κ1) is 23.4. The summed E-state index contributed by atoms with van der Waals surface area (Å²) in [6.45, 7) is 4.58. The molecule has 3 heterocycles. The SMILES string of the molecule is COCCC(=O)N1CCN(c2nc(C3CC3)c(-c3cnc(OC)c4ccccc34)cc2N)C[C@H]1C. The molecular formula is C27H33N5O3. The second-order valence-electron chi connectivity index (χ2n) is 9.46. The van der Waals surface area contributed by atoms with E-state index in [4.69, 9.17) is 20.2 Å². The van der Waals surface area contributed by atoms with E-state index >= 15 is 0 Å². The molecule has 1 aliphatic carbocycles. The minimum atomic E-state index is 0.0769. The highest BCUT2D eigenvalue weighted by Gasteiger charge is 2.33. The number of aromatic nitrogens is 2. The second-order valence-corrected chi connectivity index (χ2v) is 9.46. The molecule has 5 rings (SSSR count). The Kier molecular flexibility index (Phi) is 6.47. The van der Waals surface area contributed by atoms with Gasteiger partial charge in [-0.2, -0.15) is 0 Å². The fraction of sp³-hybridized carbons (Fsp3) is 0.444. The van der Waals surface area contributed by atoms with Crippen molar-refractivity contribution in [1.29, 1.82) is 0 Å². The molecule has 35 heavy (non-hydrogen) atoms. The number of carbonyl (C=O) groups is 1. The van der Waals surface area contributed by atoms with Crippen LogP contribution in [0.2, 0.25) is 0 Å². The number of amides is 1. The van der Waals surface area contributed by atoms with Gasteiger partial charge in [-0.25, -0.2) is 9.97 Å². The van der Waals surface area contributed by atoms with Crippen molar-refractivity contribution < 1.29 is 14.3 Å². The molecule has 1 aliphatic heterocycles. The molecule has 0 radical (unpaired) electrons. The first-order valence-corrected chi connectivity index (χ1v) is 12.3. The molecule has 8 heteroatoms. The molecule has 1 aromatic carbocycles. The predicted molar refractivity (Wildman–Crippen MR) is 138 cm³/mol. The average molecular weight is 476 g/mol. The maximum absolute atomic E-state index is 12.6. The van der Waals surface area contributed by atoms with E-state index in [-0.39, 0.29) is 11.9 Å². The number of nitrogen functional groups attached to an aromatic ring is 1. The van der Waals surface area contributed by atoms with Crippen LogP contribution in [0.15, 0.2) is 36.5 Å². The van der Waals surface area contributed by atoms with E-state index in [0.29, 0.717) is 50.1 Å². The molecule has 0 bridgehead atoms. The van der Waals surface area contributed by atoms with E-state index in [1.165, 1.54) is 0 Å². The van der Waals surface area contributed by atoms with Crippen molar-refractivity contribution in [2.24, 2.45) is 0 Å². The van der Waals surface area contributed by atoms with E-state index in [9.17, 15) is 4.79 Å². The number of nitrogens with two attached hydrogens (primary N) is 1. The highest BCUT2D eigenvalue weighted by Crippen LogP contribution is 2.47. The maximum Gasteiger partial charge on any atom is 0.225 e. The van der Waals surface area contributed by atoms with Crippen LogP contribution in [0.25, 0.3) is 21.9 Å². The Balaban J connectivity index is 1.49. The minimum absolute atomic E-state index is 0.0769. The van der Waals surface area contributed by atoms with Crippen LogP contribution in [-0.2, 0) is 9.53 Å². The second kappa shape index (κ2) is 9.70. The summed E-state index contributed by atoms with van der Waals surface area (Å²) >= 11 is 0. The van der Waals surface area contributed by atoms with Crippen molar-refractivity contribution in [2.75, 3.05) is 51.1 Å². The van der Waals surface area contributed by atoms with Gasteiger partial charge in [0, 0.05) is 61.4 Å². The van der Waals surface area contributed by atoms with E-state index in [1.807, 2.05) is 29.3 Å². The minimum Gasteiger partial charge on any atom is -0.481 e. The molecule has 2 fully saturated rings. The monoisotopic (exact) mass is 475 g/mol. The molecule has 3 aromatic rings. The Morgan fingerprint density at radius 3 is 2.60 bits per heavy atom. The van der Waals surface area contributed by atoms with Crippen molar-refractivity contribution >= 4 is 28.2 Å². The van der Waals surface area contributed by atoms with Crippen LogP contribution in [0.4, 0.5) is 11.5 Å². The number of ether oxygens (including phenoxy) is 2. The number of anilines is 2. The number of methoxy groups -OCH3 is 2. The van der Waals surface area contributed by atoms with Gasteiger partial charge in [0.15, 0.2) is 5.82 Å². The topological polar surface area (TPSA) is 93.8 Å². The molecule has 2 aromatic heterocycles. The third-order valence-electron chi connectivity index (χ3n) is 7.03. The standard InChI is InChI=1S/C27H33N5O3/c1-17-16-31(11-12-32(17)24(33)10-13-34-2)26-23(28)14-21(25(30-26)18-8-9-18)22-15-29-27(35-3)20-7-5-4-6-19(20)22/h4-7,14-15,17-18H,8-13,16,28H2,1-3H3/t17-/m1/s1. The van der Waals surface area contributed by atoms with Crippen LogP contribution >= 0.6 is 0 Å². The summed E-state index contributed by atoms with van der Waals surface area (Å²) in [6, 6.07) is 10.3. The smallest absolute Gasteiger partial charge is 0.225 e. The first-order valence-electron chi connectivity index (χ1n) is 12.3. The number of benzene rings is 1. The van der Waals surface area contributed by atoms with Crippen LogP contribution in [0.1, 0.15) is 37.8 Å². The normalized spacial score (nSPS) is 18.2. The number of fused-ring (bicyclic) bond motifs is 1. The third-order valence-corrected chi connectivity index (χ3v) is 7.03. The average Bonchev–Trinajstić information content (AvgIpc) is 3.72. The highest BCUT2D eigenvalue weighted by molar-refractivity contribution is 6.00. The van der Waals surface area contributed by atoms with Gasteiger partial charge in [-0.15, -0.1) is 0 Å². The molecule has 0 unspecified atom stereocenters. The van der Waals surface area contributed by atoms with Crippen molar-refractivity contribution in [3.05, 3.63) is 42.2 Å². The molecule has 1 amide bonds. The van der Waals surface area contributed by atoms with Crippen molar-refractivity contribution in [3.63, 3.8) is 0 Å². The molecular weight excluding hydrogens is 442 g/mol. The van der Waals surface area contributed by atoms with Gasteiger partial charge in [-0.05, 0) is 37.3 Å². The van der Waals surface area contributed by atoms with Gasteiger partial charge >= 0.3 is 0 Å². The number of piperazine rings is 1. The quantitative estimate of drug-likeness (QED) is 0.555. The number of pyridine rings is 2. The van der Waals surface area contributed by atoms with Crippen molar-refractivity contribution in [3.8, 4) is 17.0 Å². The summed E-state index contributed by atoms with van der Waals surface area (Å²) in [7, 11) is 3.26. The lowest BCUT2D eigenvalue weighted by Crippen LogP contribution is -2.54. The number of hydrogen-bond acceptors (Lipinski definition) is 7. The molecule has 1 saturated carbocycles. The zero-order valence-corrected chi connectivity index (χ0v) is 20.7.